The number of benzene rings is 1. The first-order chi connectivity index (χ1) is 12.4. The van der Waals surface area contributed by atoms with Gasteiger partial charge in [0, 0.05) is 24.1 Å². The number of fused-ring (bicyclic) bond motifs is 2. The quantitative estimate of drug-likeness (QED) is 0.634. The molecule has 3 saturated carbocycles. The van der Waals surface area contributed by atoms with E-state index in [9.17, 15) is 9.59 Å². The molecule has 5 nitrogen and oxygen atoms in total. The Balaban J connectivity index is 1.34. The molecule has 4 atom stereocenters. The number of nitrogens with one attached hydrogen (secondary N) is 1. The van der Waals surface area contributed by atoms with Gasteiger partial charge in [0.25, 0.3) is 5.91 Å². The highest BCUT2D eigenvalue weighted by Crippen LogP contribution is 2.74. The van der Waals surface area contributed by atoms with Gasteiger partial charge in [0.1, 0.15) is 0 Å². The van der Waals surface area contributed by atoms with Crippen molar-refractivity contribution in [2.45, 2.75) is 52.0 Å². The van der Waals surface area contributed by atoms with Crippen molar-refractivity contribution in [1.29, 1.82) is 0 Å². The summed E-state index contributed by atoms with van der Waals surface area (Å²) >= 11 is 0. The standard InChI is InChI=1S/C21H26N2O3/c1-20(8-13-6-17-10-21(17,9-13)12-20)19(25)23-5-4-14-7-15(18(24)22-26)2-3-16(14)11-23/h2-3,7,13,17,26H,4-6,8-12H2,1H3,(H,22,24). The van der Waals surface area contributed by atoms with Crippen molar-refractivity contribution in [3.05, 3.63) is 34.9 Å². The van der Waals surface area contributed by atoms with Crippen LogP contribution in [0.25, 0.3) is 0 Å². The Morgan fingerprint density at radius 3 is 2.85 bits per heavy atom. The van der Waals surface area contributed by atoms with E-state index in [1.54, 1.807) is 11.5 Å². The Labute approximate surface area is 153 Å². The van der Waals surface area contributed by atoms with Crippen LogP contribution in [0.3, 0.4) is 0 Å². The molecule has 1 aliphatic heterocycles. The lowest BCUT2D eigenvalue weighted by atomic mass is 9.66. The van der Waals surface area contributed by atoms with Crippen molar-refractivity contribution in [1.82, 2.24) is 10.4 Å². The summed E-state index contributed by atoms with van der Waals surface area (Å²) in [5.41, 5.74) is 4.67. The van der Waals surface area contributed by atoms with Crippen molar-refractivity contribution in [3.8, 4) is 0 Å². The van der Waals surface area contributed by atoms with Crippen LogP contribution < -0.4 is 5.48 Å². The maximum atomic E-state index is 13.4. The molecule has 2 bridgehead atoms. The van der Waals surface area contributed by atoms with Gasteiger partial charge in [-0.3, -0.25) is 14.8 Å². The predicted octanol–water partition coefficient (Wildman–Crippen LogP) is 2.91. The van der Waals surface area contributed by atoms with E-state index in [1.807, 2.05) is 17.0 Å². The zero-order valence-corrected chi connectivity index (χ0v) is 15.3. The number of nitrogens with zero attached hydrogens (tertiary/aromatic N) is 1. The van der Waals surface area contributed by atoms with Gasteiger partial charge >= 0.3 is 0 Å². The first kappa shape index (κ1) is 16.3. The van der Waals surface area contributed by atoms with Gasteiger partial charge in [0.05, 0.1) is 0 Å². The van der Waals surface area contributed by atoms with Gasteiger partial charge in [-0.2, -0.15) is 0 Å². The largest absolute Gasteiger partial charge is 0.338 e. The smallest absolute Gasteiger partial charge is 0.274 e. The highest BCUT2D eigenvalue weighted by molar-refractivity contribution is 5.93. The van der Waals surface area contributed by atoms with E-state index >= 15 is 0 Å². The van der Waals surface area contributed by atoms with Gasteiger partial charge in [-0.25, -0.2) is 5.48 Å². The number of carbonyl (C=O) groups is 2. The third-order valence-corrected chi connectivity index (χ3v) is 7.54. The Hall–Kier alpha value is -1.88. The number of carbonyl (C=O) groups excluding carboxylic acids is 2. The van der Waals surface area contributed by atoms with Crippen LogP contribution in [0, 0.1) is 22.7 Å². The molecule has 2 amide bonds. The van der Waals surface area contributed by atoms with E-state index < -0.39 is 5.91 Å². The summed E-state index contributed by atoms with van der Waals surface area (Å²) in [5.74, 6) is 1.50. The Kier molecular flexibility index (Phi) is 3.34. The average molecular weight is 354 g/mol. The van der Waals surface area contributed by atoms with E-state index in [1.165, 1.54) is 19.3 Å². The van der Waals surface area contributed by atoms with Crippen LogP contribution in [-0.4, -0.2) is 28.5 Å². The van der Waals surface area contributed by atoms with Crippen molar-refractivity contribution in [2.75, 3.05) is 6.54 Å². The number of hydrogen-bond acceptors (Lipinski definition) is 3. The molecule has 1 heterocycles. The first-order valence-corrected chi connectivity index (χ1v) is 9.78. The van der Waals surface area contributed by atoms with E-state index in [-0.39, 0.29) is 5.41 Å². The minimum Gasteiger partial charge on any atom is -0.338 e. The minimum atomic E-state index is -0.491. The normalized spacial score (nSPS) is 36.9. The molecule has 0 saturated heterocycles. The van der Waals surface area contributed by atoms with E-state index in [0.717, 1.165) is 42.2 Å². The van der Waals surface area contributed by atoms with Crippen LogP contribution in [0.1, 0.15) is 60.5 Å². The fraction of sp³-hybridized carbons (Fsp3) is 0.619. The van der Waals surface area contributed by atoms with E-state index in [0.29, 0.717) is 30.0 Å². The molecule has 26 heavy (non-hydrogen) atoms. The SMILES string of the molecule is CC1(C(=O)N2CCc3cc(C(=O)NO)ccc3C2)CC2CC3CC3(C2)C1. The highest BCUT2D eigenvalue weighted by Gasteiger charge is 2.66. The van der Waals surface area contributed by atoms with Crippen molar-refractivity contribution < 1.29 is 14.8 Å². The molecule has 1 aromatic carbocycles. The average Bonchev–Trinajstić information content (AvgIpc) is 3.19. The second-order valence-electron chi connectivity index (χ2n) is 9.41. The highest BCUT2D eigenvalue weighted by atomic mass is 16.5. The minimum absolute atomic E-state index is 0.192. The second kappa shape index (κ2) is 5.32. The maximum absolute atomic E-state index is 13.4. The lowest BCUT2D eigenvalue weighted by Gasteiger charge is -2.43. The fourth-order valence-electron chi connectivity index (χ4n) is 6.48. The Morgan fingerprint density at radius 2 is 2.08 bits per heavy atom. The molecule has 3 fully saturated rings. The topological polar surface area (TPSA) is 69.6 Å². The fourth-order valence-corrected chi connectivity index (χ4v) is 6.48. The molecule has 2 N–H and O–H groups in total. The van der Waals surface area contributed by atoms with E-state index in [4.69, 9.17) is 5.21 Å². The molecule has 3 aliphatic carbocycles. The summed E-state index contributed by atoms with van der Waals surface area (Å²) in [6.45, 7) is 3.55. The number of hydrogen-bond donors (Lipinski definition) is 2. The van der Waals surface area contributed by atoms with Gasteiger partial charge < -0.3 is 4.90 Å². The molecule has 0 radical (unpaired) electrons. The van der Waals surface area contributed by atoms with Crippen LogP contribution in [0.4, 0.5) is 0 Å². The predicted molar refractivity (Wildman–Crippen MR) is 95.4 cm³/mol. The van der Waals surface area contributed by atoms with Gasteiger partial charge in [0.2, 0.25) is 5.91 Å². The molecule has 138 valence electrons. The summed E-state index contributed by atoms with van der Waals surface area (Å²) in [7, 11) is 0. The molecule has 5 rings (SSSR count). The van der Waals surface area contributed by atoms with Crippen LogP contribution in [0.15, 0.2) is 18.2 Å². The molecular weight excluding hydrogens is 328 g/mol. The molecule has 0 aromatic heterocycles. The third-order valence-electron chi connectivity index (χ3n) is 7.54. The summed E-state index contributed by atoms with van der Waals surface area (Å²) in [6, 6.07) is 5.47. The summed E-state index contributed by atoms with van der Waals surface area (Å²) < 4.78 is 0. The zero-order chi connectivity index (χ0) is 18.1. The summed E-state index contributed by atoms with van der Waals surface area (Å²) in [5, 5.41) is 8.80. The van der Waals surface area contributed by atoms with Crippen LogP contribution >= 0.6 is 0 Å². The van der Waals surface area contributed by atoms with Gasteiger partial charge in [0.15, 0.2) is 0 Å². The number of amides is 2. The summed E-state index contributed by atoms with van der Waals surface area (Å²) in [4.78, 5) is 27.0. The van der Waals surface area contributed by atoms with Gasteiger partial charge in [-0.1, -0.05) is 13.0 Å². The second-order valence-corrected chi connectivity index (χ2v) is 9.41. The lowest BCUT2D eigenvalue weighted by molar-refractivity contribution is -0.146. The van der Waals surface area contributed by atoms with Gasteiger partial charge in [-0.05, 0) is 79.0 Å². The number of rotatable bonds is 2. The van der Waals surface area contributed by atoms with Gasteiger partial charge in [-0.15, -0.1) is 0 Å². The molecule has 1 aromatic rings. The van der Waals surface area contributed by atoms with Crippen molar-refractivity contribution >= 4 is 11.8 Å². The third kappa shape index (κ3) is 2.33. The molecule has 4 unspecified atom stereocenters. The van der Waals surface area contributed by atoms with E-state index in [2.05, 4.69) is 6.92 Å². The monoisotopic (exact) mass is 354 g/mol. The Morgan fingerprint density at radius 1 is 1.23 bits per heavy atom. The van der Waals surface area contributed by atoms with Crippen molar-refractivity contribution in [2.24, 2.45) is 22.7 Å². The molecular formula is C21H26N2O3. The maximum Gasteiger partial charge on any atom is 0.274 e. The molecule has 1 spiro atoms. The Bertz CT molecular complexity index is 806. The van der Waals surface area contributed by atoms with Crippen LogP contribution in [-0.2, 0) is 17.8 Å². The molecule has 4 aliphatic rings. The van der Waals surface area contributed by atoms with Crippen molar-refractivity contribution in [3.63, 3.8) is 0 Å². The lowest BCUT2D eigenvalue weighted by Crippen LogP contribution is -2.47. The van der Waals surface area contributed by atoms with Crippen LogP contribution in [0.5, 0.6) is 0 Å². The van der Waals surface area contributed by atoms with Crippen LogP contribution in [0.2, 0.25) is 0 Å². The molecule has 5 heteroatoms. The first-order valence-electron chi connectivity index (χ1n) is 9.78. The zero-order valence-electron chi connectivity index (χ0n) is 15.3. The number of hydroxylamine groups is 1. The summed E-state index contributed by atoms with van der Waals surface area (Å²) in [6.07, 6.45) is 6.97.